The maximum absolute atomic E-state index is 12.5. The predicted molar refractivity (Wildman–Crippen MR) is 85.5 cm³/mol. The number of rotatable bonds is 4. The molecule has 2 heterocycles. The molecular formula is C16H22N2O3S. The van der Waals surface area contributed by atoms with E-state index in [0.29, 0.717) is 17.7 Å². The molecule has 0 saturated heterocycles. The lowest BCUT2D eigenvalue weighted by atomic mass is 9.92. The second-order valence-electron chi connectivity index (χ2n) is 6.17. The van der Waals surface area contributed by atoms with Gasteiger partial charge < -0.3 is 4.90 Å². The first kappa shape index (κ1) is 15.5. The molecule has 1 aromatic carbocycles. The quantitative estimate of drug-likeness (QED) is 0.922. The van der Waals surface area contributed by atoms with E-state index in [4.69, 9.17) is 0 Å². The Balaban J connectivity index is 2.05. The van der Waals surface area contributed by atoms with Crippen LogP contribution in [0.15, 0.2) is 17.0 Å². The SMILES string of the molecule is CC[C@@H](C)NS(=O)(=O)c1cc2c3c(c1)CCC(=O)N3CCC2. The van der Waals surface area contributed by atoms with Gasteiger partial charge in [0.25, 0.3) is 0 Å². The minimum Gasteiger partial charge on any atom is -0.312 e. The molecule has 0 radical (unpaired) electrons. The average molecular weight is 322 g/mol. The first-order valence-corrected chi connectivity index (χ1v) is 9.39. The number of benzene rings is 1. The molecule has 0 aromatic heterocycles. The Morgan fingerprint density at radius 3 is 2.59 bits per heavy atom. The van der Waals surface area contributed by atoms with Crippen molar-refractivity contribution >= 4 is 21.6 Å². The lowest BCUT2D eigenvalue weighted by Crippen LogP contribution is -2.39. The lowest BCUT2D eigenvalue weighted by Gasteiger charge is -2.35. The van der Waals surface area contributed by atoms with Crippen LogP contribution in [0.25, 0.3) is 0 Å². The molecule has 2 aliphatic rings. The Labute approximate surface area is 131 Å². The van der Waals surface area contributed by atoms with E-state index >= 15 is 0 Å². The number of carbonyl (C=O) groups is 1. The molecule has 6 heteroatoms. The molecule has 0 unspecified atom stereocenters. The number of nitrogens with zero attached hydrogens (tertiary/aromatic N) is 1. The van der Waals surface area contributed by atoms with Gasteiger partial charge in [0.2, 0.25) is 15.9 Å². The molecule has 1 amide bonds. The third-order valence-electron chi connectivity index (χ3n) is 4.53. The average Bonchev–Trinajstić information content (AvgIpc) is 2.50. The number of hydrogen-bond acceptors (Lipinski definition) is 3. The summed E-state index contributed by atoms with van der Waals surface area (Å²) in [5.41, 5.74) is 2.94. The van der Waals surface area contributed by atoms with Crippen LogP contribution in [0.4, 0.5) is 5.69 Å². The maximum Gasteiger partial charge on any atom is 0.240 e. The molecule has 0 saturated carbocycles. The van der Waals surface area contributed by atoms with Gasteiger partial charge in [-0.1, -0.05) is 6.92 Å². The fourth-order valence-corrected chi connectivity index (χ4v) is 4.62. The Morgan fingerprint density at radius 1 is 1.23 bits per heavy atom. The fraction of sp³-hybridized carbons (Fsp3) is 0.562. The van der Waals surface area contributed by atoms with Crippen molar-refractivity contribution in [2.24, 2.45) is 0 Å². The molecule has 22 heavy (non-hydrogen) atoms. The zero-order valence-electron chi connectivity index (χ0n) is 13.1. The van der Waals surface area contributed by atoms with Crippen LogP contribution in [0.3, 0.4) is 0 Å². The van der Waals surface area contributed by atoms with Crippen molar-refractivity contribution < 1.29 is 13.2 Å². The van der Waals surface area contributed by atoms with Gasteiger partial charge in [-0.05, 0) is 55.9 Å². The molecule has 0 fully saturated rings. The number of anilines is 1. The standard InChI is InChI=1S/C16H22N2O3S/c1-3-11(2)17-22(20,21)14-9-12-5-4-8-18-15(19)7-6-13(10-14)16(12)18/h9-11,17H,3-8H2,1-2H3/t11-/m1/s1. The van der Waals surface area contributed by atoms with Gasteiger partial charge in [0.15, 0.2) is 0 Å². The molecule has 1 aromatic rings. The largest absolute Gasteiger partial charge is 0.312 e. The van der Waals surface area contributed by atoms with Crippen LogP contribution >= 0.6 is 0 Å². The summed E-state index contributed by atoms with van der Waals surface area (Å²) in [7, 11) is -3.50. The Hall–Kier alpha value is -1.40. The third-order valence-corrected chi connectivity index (χ3v) is 6.10. The van der Waals surface area contributed by atoms with Crippen molar-refractivity contribution in [2.75, 3.05) is 11.4 Å². The highest BCUT2D eigenvalue weighted by Gasteiger charge is 2.31. The molecular weight excluding hydrogens is 300 g/mol. The van der Waals surface area contributed by atoms with E-state index in [1.165, 1.54) is 0 Å². The van der Waals surface area contributed by atoms with Crippen LogP contribution in [0.2, 0.25) is 0 Å². The second-order valence-corrected chi connectivity index (χ2v) is 7.88. The fourth-order valence-electron chi connectivity index (χ4n) is 3.19. The van der Waals surface area contributed by atoms with Crippen LogP contribution in [0, 0.1) is 0 Å². The molecule has 1 atom stereocenters. The van der Waals surface area contributed by atoms with E-state index in [-0.39, 0.29) is 11.9 Å². The van der Waals surface area contributed by atoms with Crippen molar-refractivity contribution in [3.05, 3.63) is 23.3 Å². The molecule has 120 valence electrons. The summed E-state index contributed by atoms with van der Waals surface area (Å²) < 4.78 is 27.8. The summed E-state index contributed by atoms with van der Waals surface area (Å²) in [6, 6.07) is 3.40. The molecule has 2 aliphatic heterocycles. The van der Waals surface area contributed by atoms with Crippen LogP contribution < -0.4 is 9.62 Å². The minimum absolute atomic E-state index is 0.0875. The number of aryl methyl sites for hydroxylation is 2. The summed E-state index contributed by atoms with van der Waals surface area (Å²) in [6.45, 7) is 4.56. The topological polar surface area (TPSA) is 66.5 Å². The summed E-state index contributed by atoms with van der Waals surface area (Å²) in [4.78, 5) is 14.2. The van der Waals surface area contributed by atoms with E-state index in [9.17, 15) is 13.2 Å². The lowest BCUT2D eigenvalue weighted by molar-refractivity contribution is -0.119. The highest BCUT2D eigenvalue weighted by atomic mass is 32.2. The van der Waals surface area contributed by atoms with Gasteiger partial charge in [0, 0.05) is 19.0 Å². The van der Waals surface area contributed by atoms with E-state index in [1.807, 2.05) is 18.7 Å². The Morgan fingerprint density at radius 2 is 1.91 bits per heavy atom. The molecule has 0 bridgehead atoms. The van der Waals surface area contributed by atoms with Gasteiger partial charge in [-0.2, -0.15) is 0 Å². The molecule has 5 nitrogen and oxygen atoms in total. The smallest absolute Gasteiger partial charge is 0.240 e. The zero-order valence-corrected chi connectivity index (χ0v) is 13.9. The van der Waals surface area contributed by atoms with Crippen molar-refractivity contribution in [2.45, 2.75) is 56.9 Å². The molecule has 0 aliphatic carbocycles. The number of hydrogen-bond donors (Lipinski definition) is 1. The molecule has 0 spiro atoms. The van der Waals surface area contributed by atoms with Gasteiger partial charge in [0.1, 0.15) is 0 Å². The summed E-state index contributed by atoms with van der Waals surface area (Å²) in [5.74, 6) is 0.154. The van der Waals surface area contributed by atoms with Crippen LogP contribution in [-0.2, 0) is 27.7 Å². The zero-order chi connectivity index (χ0) is 15.9. The number of sulfonamides is 1. The Bertz CT molecular complexity index is 695. The van der Waals surface area contributed by atoms with Crippen molar-refractivity contribution in [3.8, 4) is 0 Å². The first-order valence-electron chi connectivity index (χ1n) is 7.91. The van der Waals surface area contributed by atoms with Gasteiger partial charge in [-0.3, -0.25) is 4.79 Å². The van der Waals surface area contributed by atoms with Crippen LogP contribution in [-0.4, -0.2) is 26.9 Å². The Kier molecular flexibility index (Phi) is 3.99. The summed E-state index contributed by atoms with van der Waals surface area (Å²) >= 11 is 0. The third kappa shape index (κ3) is 2.65. The normalized spacial score (nSPS) is 19.0. The summed E-state index contributed by atoms with van der Waals surface area (Å²) in [6.07, 6.45) is 3.57. The predicted octanol–water partition coefficient (Wildman–Crippen LogP) is 1.99. The second kappa shape index (κ2) is 5.66. The summed E-state index contributed by atoms with van der Waals surface area (Å²) in [5, 5.41) is 0. The van der Waals surface area contributed by atoms with Crippen molar-refractivity contribution in [3.63, 3.8) is 0 Å². The highest BCUT2D eigenvalue weighted by molar-refractivity contribution is 7.89. The monoisotopic (exact) mass is 322 g/mol. The van der Waals surface area contributed by atoms with Crippen molar-refractivity contribution in [1.29, 1.82) is 0 Å². The first-order chi connectivity index (χ1) is 10.4. The maximum atomic E-state index is 12.5. The van der Waals surface area contributed by atoms with Gasteiger partial charge >= 0.3 is 0 Å². The van der Waals surface area contributed by atoms with E-state index in [1.54, 1.807) is 12.1 Å². The molecule has 3 rings (SSSR count). The van der Waals surface area contributed by atoms with Gasteiger partial charge in [-0.15, -0.1) is 0 Å². The van der Waals surface area contributed by atoms with E-state index in [0.717, 1.165) is 42.6 Å². The van der Waals surface area contributed by atoms with Crippen LogP contribution in [0.5, 0.6) is 0 Å². The van der Waals surface area contributed by atoms with Crippen LogP contribution in [0.1, 0.15) is 44.2 Å². The van der Waals surface area contributed by atoms with Crippen molar-refractivity contribution in [1.82, 2.24) is 4.72 Å². The minimum atomic E-state index is -3.50. The van der Waals surface area contributed by atoms with E-state index in [2.05, 4.69) is 4.72 Å². The number of carbonyl (C=O) groups excluding carboxylic acids is 1. The highest BCUT2D eigenvalue weighted by Crippen LogP contribution is 2.37. The molecule has 1 N–H and O–H groups in total. The van der Waals surface area contributed by atoms with Gasteiger partial charge in [-0.25, -0.2) is 13.1 Å². The van der Waals surface area contributed by atoms with Gasteiger partial charge in [0.05, 0.1) is 10.6 Å². The number of nitrogens with one attached hydrogen (secondary N) is 1. The number of amides is 1. The van der Waals surface area contributed by atoms with E-state index < -0.39 is 10.0 Å².